The lowest BCUT2D eigenvalue weighted by molar-refractivity contribution is -0.305. The van der Waals surface area contributed by atoms with Crippen molar-refractivity contribution in [1.82, 2.24) is 6.15 Å². The summed E-state index contributed by atoms with van der Waals surface area (Å²) in [5, 5.41) is 9.64. The number of hydrogen-bond acceptors (Lipinski definition) is 3. The molecule has 0 aliphatic carbocycles. The predicted molar refractivity (Wildman–Crippen MR) is 30.9 cm³/mol. The Balaban J connectivity index is 0. The zero-order valence-corrected chi connectivity index (χ0v) is 5.64. The first-order chi connectivity index (χ1) is 3.63. The van der Waals surface area contributed by atoms with E-state index in [-0.39, 0.29) is 24.8 Å². The Bertz CT molecular complexity index is 96.8. The van der Waals surface area contributed by atoms with Crippen LogP contribution in [0, 0.1) is 0 Å². The second-order valence-electron chi connectivity index (χ2n) is 1.57. The molecule has 0 radical (unpaired) electrons. The number of carbonyl (C=O) groups excluding carboxylic acids is 2. The molecule has 0 aromatic heterocycles. The molecule has 0 aliphatic rings. The molecule has 0 saturated heterocycles. The molecule has 54 valence electrons. The fourth-order valence-corrected chi connectivity index (χ4v) is 0.278. The maximum atomic E-state index is 10.1. The van der Waals surface area contributed by atoms with Crippen molar-refractivity contribution in [3.8, 4) is 0 Å². The van der Waals surface area contributed by atoms with Crippen LogP contribution in [-0.2, 0) is 9.59 Å². The van der Waals surface area contributed by atoms with Gasteiger partial charge in [-0.3, -0.25) is 0 Å². The molecule has 0 saturated carbocycles. The van der Waals surface area contributed by atoms with Gasteiger partial charge in [-0.15, -0.1) is 0 Å². The van der Waals surface area contributed by atoms with Crippen LogP contribution in [0.25, 0.3) is 0 Å². The van der Waals surface area contributed by atoms with Gasteiger partial charge in [-0.05, 0) is 13.3 Å². The molecule has 0 unspecified atom stereocenters. The van der Waals surface area contributed by atoms with E-state index < -0.39 is 5.97 Å². The quantitative estimate of drug-likeness (QED) is 0.561. The zero-order chi connectivity index (χ0) is 6.57. The fraction of sp³-hybridized carbons (Fsp3) is 0.600. The van der Waals surface area contributed by atoms with Crippen LogP contribution in [0.5, 0.6) is 0 Å². The molecule has 0 aliphatic heterocycles. The Morgan fingerprint density at radius 2 is 1.78 bits per heavy atom. The second kappa shape index (κ2) is 5.24. The third kappa shape index (κ3) is 11.0. The highest BCUT2D eigenvalue weighted by atomic mass is 16.4. The Morgan fingerprint density at radius 1 is 1.33 bits per heavy atom. The number of aliphatic carboxylic acids is 1. The summed E-state index contributed by atoms with van der Waals surface area (Å²) in [6, 6.07) is 0. The van der Waals surface area contributed by atoms with Crippen molar-refractivity contribution in [2.24, 2.45) is 0 Å². The van der Waals surface area contributed by atoms with E-state index in [1.54, 1.807) is 0 Å². The third-order valence-electron chi connectivity index (χ3n) is 0.681. The van der Waals surface area contributed by atoms with Gasteiger partial charge in [0.15, 0.2) is 0 Å². The molecule has 0 heterocycles. The summed E-state index contributed by atoms with van der Waals surface area (Å²) >= 11 is 0. The van der Waals surface area contributed by atoms with Gasteiger partial charge in [-0.25, -0.2) is 0 Å². The van der Waals surface area contributed by atoms with Gasteiger partial charge < -0.3 is 20.8 Å². The first-order valence-corrected chi connectivity index (χ1v) is 2.32. The van der Waals surface area contributed by atoms with Crippen molar-refractivity contribution in [2.45, 2.75) is 19.8 Å². The molecule has 0 aromatic rings. The van der Waals surface area contributed by atoms with Crippen molar-refractivity contribution in [3.63, 3.8) is 0 Å². The minimum atomic E-state index is -1.17. The summed E-state index contributed by atoms with van der Waals surface area (Å²) in [4.78, 5) is 19.7. The van der Waals surface area contributed by atoms with Crippen molar-refractivity contribution < 1.29 is 14.7 Å². The number of Topliss-reactive ketones (excluding diaryl/α,β-unsaturated/α-hetero) is 1. The van der Waals surface area contributed by atoms with Crippen LogP contribution in [0.1, 0.15) is 19.8 Å². The monoisotopic (exact) mass is 133 g/mol. The normalized spacial score (nSPS) is 7.67. The van der Waals surface area contributed by atoms with Crippen LogP contribution in [0.3, 0.4) is 0 Å². The SMILES string of the molecule is CC(=O)CCC(=O)[O-].[NH4+]. The van der Waals surface area contributed by atoms with Crippen LogP contribution in [0.2, 0.25) is 0 Å². The number of carboxylic acid groups (broad SMARTS) is 1. The van der Waals surface area contributed by atoms with Gasteiger partial charge in [0.2, 0.25) is 0 Å². The maximum Gasteiger partial charge on any atom is 0.130 e. The summed E-state index contributed by atoms with van der Waals surface area (Å²) in [6.07, 6.45) is -0.0718. The van der Waals surface area contributed by atoms with Crippen LogP contribution < -0.4 is 11.3 Å². The van der Waals surface area contributed by atoms with E-state index >= 15 is 0 Å². The van der Waals surface area contributed by atoms with Gasteiger partial charge in [0, 0.05) is 12.4 Å². The summed E-state index contributed by atoms with van der Waals surface area (Å²) in [5.41, 5.74) is 0. The minimum Gasteiger partial charge on any atom is -0.550 e. The maximum absolute atomic E-state index is 10.1. The van der Waals surface area contributed by atoms with E-state index in [0.717, 1.165) is 0 Å². The Labute approximate surface area is 53.5 Å². The van der Waals surface area contributed by atoms with E-state index in [2.05, 4.69) is 0 Å². The smallest absolute Gasteiger partial charge is 0.130 e. The van der Waals surface area contributed by atoms with Crippen molar-refractivity contribution in [2.75, 3.05) is 0 Å². The number of ketones is 1. The standard InChI is InChI=1S/C5H8O3.H3N/c1-4(6)2-3-5(7)8;/h2-3H2,1H3,(H,7,8);1H3. The van der Waals surface area contributed by atoms with Crippen LogP contribution >= 0.6 is 0 Å². The van der Waals surface area contributed by atoms with E-state index in [0.29, 0.717) is 0 Å². The average Bonchev–Trinajstić information content (AvgIpc) is 1.61. The van der Waals surface area contributed by atoms with Gasteiger partial charge in [-0.2, -0.15) is 0 Å². The van der Waals surface area contributed by atoms with Crippen molar-refractivity contribution >= 4 is 11.8 Å². The molecule has 4 N–H and O–H groups in total. The highest BCUT2D eigenvalue weighted by Gasteiger charge is 1.90. The topological polar surface area (TPSA) is 93.7 Å². The summed E-state index contributed by atoms with van der Waals surface area (Å²) in [6.45, 7) is 1.35. The van der Waals surface area contributed by atoms with Gasteiger partial charge in [0.1, 0.15) is 5.78 Å². The number of hydrogen-bond donors (Lipinski definition) is 1. The summed E-state index contributed by atoms with van der Waals surface area (Å²) in [7, 11) is 0. The fourth-order valence-electron chi connectivity index (χ4n) is 0.278. The zero-order valence-electron chi connectivity index (χ0n) is 5.64. The summed E-state index contributed by atoms with van der Waals surface area (Å²) in [5.74, 6) is -1.28. The van der Waals surface area contributed by atoms with Gasteiger partial charge in [0.05, 0.1) is 0 Å². The first-order valence-electron chi connectivity index (χ1n) is 2.32. The Kier molecular flexibility index (Phi) is 6.39. The molecule has 4 heteroatoms. The molecule has 0 amide bonds. The number of carbonyl (C=O) groups is 2. The van der Waals surface area contributed by atoms with Crippen molar-refractivity contribution in [3.05, 3.63) is 0 Å². The van der Waals surface area contributed by atoms with E-state index in [1.807, 2.05) is 0 Å². The number of quaternary nitrogens is 1. The lowest BCUT2D eigenvalue weighted by atomic mass is 10.2. The first kappa shape index (κ1) is 11.0. The largest absolute Gasteiger partial charge is 0.550 e. The van der Waals surface area contributed by atoms with Crippen LogP contribution in [0.15, 0.2) is 0 Å². The van der Waals surface area contributed by atoms with Gasteiger partial charge in [0.25, 0.3) is 0 Å². The molecule has 0 bridgehead atoms. The molecule has 0 atom stereocenters. The van der Waals surface area contributed by atoms with Gasteiger partial charge in [-0.1, -0.05) is 0 Å². The lowest BCUT2D eigenvalue weighted by Gasteiger charge is -1.95. The highest BCUT2D eigenvalue weighted by molar-refractivity contribution is 5.79. The summed E-state index contributed by atoms with van der Waals surface area (Å²) < 4.78 is 0. The molecule has 0 fully saturated rings. The van der Waals surface area contributed by atoms with Crippen LogP contribution in [-0.4, -0.2) is 11.8 Å². The van der Waals surface area contributed by atoms with Crippen molar-refractivity contribution in [1.29, 1.82) is 0 Å². The second-order valence-corrected chi connectivity index (χ2v) is 1.57. The third-order valence-corrected chi connectivity index (χ3v) is 0.681. The molecular formula is C5H11NO3. The molecule has 4 nitrogen and oxygen atoms in total. The van der Waals surface area contributed by atoms with E-state index in [4.69, 9.17) is 0 Å². The van der Waals surface area contributed by atoms with E-state index in [9.17, 15) is 14.7 Å². The average molecular weight is 133 g/mol. The van der Waals surface area contributed by atoms with Crippen LogP contribution in [0.4, 0.5) is 0 Å². The van der Waals surface area contributed by atoms with Gasteiger partial charge >= 0.3 is 0 Å². The Hall–Kier alpha value is -0.900. The molecule has 9 heavy (non-hydrogen) atoms. The molecule has 0 aromatic carbocycles. The Morgan fingerprint density at radius 3 is 1.89 bits per heavy atom. The number of rotatable bonds is 3. The van der Waals surface area contributed by atoms with E-state index in [1.165, 1.54) is 6.92 Å². The molecule has 0 spiro atoms. The minimum absolute atomic E-state index is 0. The molecule has 0 rings (SSSR count). The lowest BCUT2D eigenvalue weighted by Crippen LogP contribution is -2.22. The predicted octanol–water partition coefficient (Wildman–Crippen LogP) is -0.518. The molecular weight excluding hydrogens is 122 g/mol. The highest BCUT2D eigenvalue weighted by Crippen LogP contribution is 1.85. The number of carboxylic acids is 1.